The highest BCUT2D eigenvalue weighted by atomic mass is 19.3. The maximum absolute atomic E-state index is 12.2. The molecule has 1 saturated carbocycles. The van der Waals surface area contributed by atoms with Crippen molar-refractivity contribution in [1.82, 2.24) is 5.32 Å². The van der Waals surface area contributed by atoms with Crippen LogP contribution < -0.4 is 15.4 Å². The number of halogens is 2. The predicted octanol–water partition coefficient (Wildman–Crippen LogP) is 2.27. The lowest BCUT2D eigenvalue weighted by atomic mass is 10.2. The van der Waals surface area contributed by atoms with E-state index in [1.54, 1.807) is 0 Å². The summed E-state index contributed by atoms with van der Waals surface area (Å²) < 4.78 is 28.7. The van der Waals surface area contributed by atoms with Crippen molar-refractivity contribution in [1.29, 1.82) is 0 Å². The Labute approximate surface area is 119 Å². The molecule has 6 nitrogen and oxygen atoms in total. The Morgan fingerprint density at radius 3 is 2.52 bits per heavy atom. The monoisotopic (exact) mass is 300 g/mol. The molecule has 0 aliphatic heterocycles. The van der Waals surface area contributed by atoms with Gasteiger partial charge in [-0.05, 0) is 30.9 Å². The first-order valence-corrected chi connectivity index (χ1v) is 6.31. The molecule has 1 unspecified atom stereocenters. The quantitative estimate of drug-likeness (QED) is 0.752. The molecule has 1 aliphatic carbocycles. The SMILES string of the molecule is O=C(Nc1ccccc1OC(F)F)NC(C(=O)O)C1CC1. The zero-order valence-electron chi connectivity index (χ0n) is 10.9. The summed E-state index contributed by atoms with van der Waals surface area (Å²) in [6.45, 7) is -3.02. The number of amides is 2. The molecule has 0 heterocycles. The van der Waals surface area contributed by atoms with Crippen LogP contribution in [0.4, 0.5) is 19.3 Å². The molecule has 1 aromatic rings. The van der Waals surface area contributed by atoms with Crippen LogP contribution in [0.25, 0.3) is 0 Å². The molecule has 1 atom stereocenters. The van der Waals surface area contributed by atoms with Crippen molar-refractivity contribution in [2.24, 2.45) is 5.92 Å². The smallest absolute Gasteiger partial charge is 0.387 e. The van der Waals surface area contributed by atoms with Crippen LogP contribution in [0.3, 0.4) is 0 Å². The topological polar surface area (TPSA) is 87.7 Å². The fourth-order valence-corrected chi connectivity index (χ4v) is 1.88. The van der Waals surface area contributed by atoms with E-state index < -0.39 is 24.7 Å². The lowest BCUT2D eigenvalue weighted by Gasteiger charge is -2.16. The van der Waals surface area contributed by atoms with Gasteiger partial charge in [-0.1, -0.05) is 12.1 Å². The summed E-state index contributed by atoms with van der Waals surface area (Å²) in [7, 11) is 0. The van der Waals surface area contributed by atoms with Gasteiger partial charge in [-0.3, -0.25) is 0 Å². The largest absolute Gasteiger partial charge is 0.480 e. The lowest BCUT2D eigenvalue weighted by molar-refractivity contribution is -0.139. The number of hydrogen-bond donors (Lipinski definition) is 3. The number of nitrogens with one attached hydrogen (secondary N) is 2. The molecule has 0 spiro atoms. The van der Waals surface area contributed by atoms with Crippen LogP contribution in [-0.4, -0.2) is 29.8 Å². The summed E-state index contributed by atoms with van der Waals surface area (Å²) in [5.41, 5.74) is 0.0373. The van der Waals surface area contributed by atoms with Gasteiger partial charge in [0.2, 0.25) is 0 Å². The van der Waals surface area contributed by atoms with Crippen LogP contribution in [-0.2, 0) is 4.79 Å². The second-order valence-corrected chi connectivity index (χ2v) is 4.63. The number of carbonyl (C=O) groups excluding carboxylic acids is 1. The van der Waals surface area contributed by atoms with Gasteiger partial charge in [-0.15, -0.1) is 0 Å². The van der Waals surface area contributed by atoms with E-state index in [2.05, 4.69) is 15.4 Å². The minimum absolute atomic E-state index is 0.0373. The van der Waals surface area contributed by atoms with Crippen molar-refractivity contribution >= 4 is 17.7 Å². The molecular formula is C13H14F2N2O4. The summed E-state index contributed by atoms with van der Waals surface area (Å²) in [5, 5.41) is 13.6. The van der Waals surface area contributed by atoms with E-state index in [1.807, 2.05) is 0 Å². The molecular weight excluding hydrogens is 286 g/mol. The minimum atomic E-state index is -3.02. The van der Waals surface area contributed by atoms with Gasteiger partial charge >= 0.3 is 18.6 Å². The second-order valence-electron chi connectivity index (χ2n) is 4.63. The number of benzene rings is 1. The summed E-state index contributed by atoms with van der Waals surface area (Å²) in [4.78, 5) is 22.8. The Morgan fingerprint density at radius 1 is 1.29 bits per heavy atom. The highest BCUT2D eigenvalue weighted by molar-refractivity contribution is 5.93. The molecule has 0 aromatic heterocycles. The molecule has 0 bridgehead atoms. The van der Waals surface area contributed by atoms with E-state index in [9.17, 15) is 18.4 Å². The van der Waals surface area contributed by atoms with E-state index in [1.165, 1.54) is 24.3 Å². The van der Waals surface area contributed by atoms with Crippen LogP contribution in [0.5, 0.6) is 5.75 Å². The molecule has 114 valence electrons. The van der Waals surface area contributed by atoms with Crippen LogP contribution in [0.2, 0.25) is 0 Å². The van der Waals surface area contributed by atoms with E-state index in [-0.39, 0.29) is 17.4 Å². The number of carbonyl (C=O) groups is 2. The first-order valence-electron chi connectivity index (χ1n) is 6.31. The number of aliphatic carboxylic acids is 1. The highest BCUT2D eigenvalue weighted by Gasteiger charge is 2.37. The molecule has 8 heteroatoms. The molecule has 1 aliphatic rings. The molecule has 2 amide bonds. The fraction of sp³-hybridized carbons (Fsp3) is 0.385. The molecule has 0 radical (unpaired) electrons. The Hall–Kier alpha value is -2.38. The molecule has 1 fully saturated rings. The first-order chi connectivity index (χ1) is 9.97. The van der Waals surface area contributed by atoms with Gasteiger partial charge in [0.15, 0.2) is 0 Å². The number of alkyl halides is 2. The van der Waals surface area contributed by atoms with Crippen molar-refractivity contribution in [2.75, 3.05) is 5.32 Å². The predicted molar refractivity (Wildman–Crippen MR) is 69.4 cm³/mol. The molecule has 3 N–H and O–H groups in total. The number of ether oxygens (including phenoxy) is 1. The fourth-order valence-electron chi connectivity index (χ4n) is 1.88. The second kappa shape index (κ2) is 6.38. The highest BCUT2D eigenvalue weighted by Crippen LogP contribution is 2.33. The van der Waals surface area contributed by atoms with Crippen molar-refractivity contribution < 1.29 is 28.2 Å². The minimum Gasteiger partial charge on any atom is -0.480 e. The third-order valence-electron chi connectivity index (χ3n) is 3.00. The van der Waals surface area contributed by atoms with E-state index in [0.29, 0.717) is 0 Å². The Kier molecular flexibility index (Phi) is 4.56. The van der Waals surface area contributed by atoms with Crippen molar-refractivity contribution in [2.45, 2.75) is 25.5 Å². The number of carboxylic acids is 1. The van der Waals surface area contributed by atoms with E-state index in [0.717, 1.165) is 12.8 Å². The number of carboxylic acid groups (broad SMARTS) is 1. The number of urea groups is 1. The standard InChI is InChI=1S/C13H14F2N2O4/c14-12(15)21-9-4-2-1-3-8(9)16-13(20)17-10(11(18)19)7-5-6-7/h1-4,7,10,12H,5-6H2,(H,18,19)(H2,16,17,20). The summed E-state index contributed by atoms with van der Waals surface area (Å²) in [5.74, 6) is -1.40. The Bertz CT molecular complexity index is 535. The molecule has 2 rings (SSSR count). The van der Waals surface area contributed by atoms with E-state index >= 15 is 0 Å². The Balaban J connectivity index is 2.00. The molecule has 0 saturated heterocycles. The lowest BCUT2D eigenvalue weighted by Crippen LogP contribution is -2.44. The van der Waals surface area contributed by atoms with Gasteiger partial charge < -0.3 is 20.5 Å². The zero-order valence-corrected chi connectivity index (χ0v) is 10.9. The molecule has 1 aromatic carbocycles. The third-order valence-corrected chi connectivity index (χ3v) is 3.00. The van der Waals surface area contributed by atoms with Crippen LogP contribution in [0.1, 0.15) is 12.8 Å². The van der Waals surface area contributed by atoms with Crippen LogP contribution in [0, 0.1) is 5.92 Å². The number of anilines is 1. The van der Waals surface area contributed by atoms with Gasteiger partial charge in [0.25, 0.3) is 0 Å². The Morgan fingerprint density at radius 2 is 1.95 bits per heavy atom. The number of para-hydroxylation sites is 2. The third kappa shape index (κ3) is 4.30. The average Bonchev–Trinajstić information content (AvgIpc) is 3.21. The van der Waals surface area contributed by atoms with Crippen molar-refractivity contribution in [3.05, 3.63) is 24.3 Å². The summed E-state index contributed by atoms with van der Waals surface area (Å²) >= 11 is 0. The first kappa shape index (κ1) is 15.0. The maximum atomic E-state index is 12.2. The van der Waals surface area contributed by atoms with Gasteiger partial charge in [-0.25, -0.2) is 9.59 Å². The maximum Gasteiger partial charge on any atom is 0.387 e. The number of hydrogen-bond acceptors (Lipinski definition) is 3. The number of rotatable bonds is 6. The van der Waals surface area contributed by atoms with Gasteiger partial charge in [0.1, 0.15) is 11.8 Å². The summed E-state index contributed by atoms with van der Waals surface area (Å²) in [6.07, 6.45) is 1.48. The van der Waals surface area contributed by atoms with Crippen molar-refractivity contribution in [3.8, 4) is 5.75 Å². The van der Waals surface area contributed by atoms with Crippen LogP contribution >= 0.6 is 0 Å². The van der Waals surface area contributed by atoms with Gasteiger partial charge in [0, 0.05) is 0 Å². The van der Waals surface area contributed by atoms with E-state index in [4.69, 9.17) is 5.11 Å². The summed E-state index contributed by atoms with van der Waals surface area (Å²) in [6, 6.07) is 3.91. The zero-order chi connectivity index (χ0) is 15.4. The van der Waals surface area contributed by atoms with Crippen LogP contribution in [0.15, 0.2) is 24.3 Å². The molecule has 21 heavy (non-hydrogen) atoms. The van der Waals surface area contributed by atoms with Gasteiger partial charge in [0.05, 0.1) is 5.69 Å². The van der Waals surface area contributed by atoms with Gasteiger partial charge in [-0.2, -0.15) is 8.78 Å². The normalized spacial score (nSPS) is 15.4. The van der Waals surface area contributed by atoms with Crippen molar-refractivity contribution in [3.63, 3.8) is 0 Å². The average molecular weight is 300 g/mol.